The van der Waals surface area contributed by atoms with Crippen molar-refractivity contribution in [3.05, 3.63) is 71.9 Å². The van der Waals surface area contributed by atoms with Gasteiger partial charge in [-0.1, -0.05) is 42.5 Å². The van der Waals surface area contributed by atoms with E-state index in [0.29, 0.717) is 12.1 Å². The van der Waals surface area contributed by atoms with Gasteiger partial charge in [-0.05, 0) is 18.1 Å². The Hall–Kier alpha value is -3.42. The minimum atomic E-state index is -0.889. The summed E-state index contributed by atoms with van der Waals surface area (Å²) in [6, 6.07) is 12.6. The molecule has 0 bridgehead atoms. The highest BCUT2D eigenvalue weighted by atomic mass is 19.2. The van der Waals surface area contributed by atoms with Gasteiger partial charge in [-0.2, -0.15) is 5.10 Å². The number of nitrogens with zero attached hydrogens (tertiary/aromatic N) is 3. The molecule has 136 valence electrons. The Bertz CT molecular complexity index is 983. The number of aromatic nitrogens is 3. The first-order valence-electron chi connectivity index (χ1n) is 8.38. The molecule has 1 heterocycles. The molecule has 1 fully saturated rings. The maximum absolute atomic E-state index is 13.8. The molecule has 8 heteroatoms. The summed E-state index contributed by atoms with van der Waals surface area (Å²) >= 11 is 0. The van der Waals surface area contributed by atoms with Gasteiger partial charge in [-0.15, -0.1) is 5.10 Å². The number of amides is 2. The van der Waals surface area contributed by atoms with Gasteiger partial charge in [0.25, 0.3) is 5.95 Å². The van der Waals surface area contributed by atoms with Crippen molar-refractivity contribution in [1.82, 2.24) is 20.5 Å². The summed E-state index contributed by atoms with van der Waals surface area (Å²) in [5, 5.41) is 12.9. The smallest absolute Gasteiger partial charge is 0.321 e. The number of urea groups is 1. The third kappa shape index (κ3) is 3.74. The molecule has 2 N–H and O–H groups in total. The highest BCUT2D eigenvalue weighted by Crippen LogP contribution is 2.42. The molecule has 2 atom stereocenters. The van der Waals surface area contributed by atoms with Crippen molar-refractivity contribution in [2.24, 2.45) is 0 Å². The fraction of sp³-hybridized carbons (Fsp3) is 0.158. The lowest BCUT2D eigenvalue weighted by Crippen LogP contribution is -2.32. The summed E-state index contributed by atoms with van der Waals surface area (Å²) in [4.78, 5) is 16.4. The first-order chi connectivity index (χ1) is 13.1. The predicted octanol–water partition coefficient (Wildman–Crippen LogP) is 3.49. The standard InChI is InChI=1S/C19H15F2N5O/c20-14-8-4-7-12(17(14)21)13-9-15(13)24-19(27)25-18-23-16(10-22-26-18)11-5-2-1-3-6-11/h1-8,10,13,15H,9H2,(H2,23,24,25,26,27). The van der Waals surface area contributed by atoms with E-state index in [9.17, 15) is 13.6 Å². The highest BCUT2D eigenvalue weighted by Gasteiger charge is 2.41. The molecule has 2 amide bonds. The van der Waals surface area contributed by atoms with Gasteiger partial charge in [0, 0.05) is 17.5 Å². The molecule has 2 aromatic carbocycles. The van der Waals surface area contributed by atoms with Crippen LogP contribution < -0.4 is 10.6 Å². The molecule has 3 aromatic rings. The highest BCUT2D eigenvalue weighted by molar-refractivity contribution is 5.88. The fourth-order valence-electron chi connectivity index (χ4n) is 2.92. The Kier molecular flexibility index (Phi) is 4.45. The van der Waals surface area contributed by atoms with Gasteiger partial charge in [-0.25, -0.2) is 18.6 Å². The average molecular weight is 367 g/mol. The van der Waals surface area contributed by atoms with E-state index >= 15 is 0 Å². The van der Waals surface area contributed by atoms with Crippen LogP contribution in [-0.2, 0) is 0 Å². The second-order valence-corrected chi connectivity index (χ2v) is 6.22. The van der Waals surface area contributed by atoms with E-state index in [1.165, 1.54) is 18.3 Å². The van der Waals surface area contributed by atoms with Crippen LogP contribution in [0, 0.1) is 11.6 Å². The van der Waals surface area contributed by atoms with Crippen molar-refractivity contribution in [3.8, 4) is 11.3 Å². The first-order valence-corrected chi connectivity index (χ1v) is 8.38. The van der Waals surface area contributed by atoms with Crippen LogP contribution in [0.1, 0.15) is 17.9 Å². The molecule has 0 saturated heterocycles. The fourth-order valence-corrected chi connectivity index (χ4v) is 2.92. The molecule has 1 aliphatic rings. The molecule has 4 rings (SSSR count). The first kappa shape index (κ1) is 17.0. The average Bonchev–Trinajstić information content (AvgIpc) is 3.43. The topological polar surface area (TPSA) is 79.8 Å². The summed E-state index contributed by atoms with van der Waals surface area (Å²) < 4.78 is 27.1. The second-order valence-electron chi connectivity index (χ2n) is 6.22. The summed E-state index contributed by atoms with van der Waals surface area (Å²) in [7, 11) is 0. The van der Waals surface area contributed by atoms with Crippen LogP contribution >= 0.6 is 0 Å². The zero-order valence-corrected chi connectivity index (χ0v) is 14.1. The molecular weight excluding hydrogens is 352 g/mol. The molecule has 27 heavy (non-hydrogen) atoms. The predicted molar refractivity (Wildman–Crippen MR) is 94.9 cm³/mol. The van der Waals surface area contributed by atoms with Crippen LogP contribution in [0.2, 0.25) is 0 Å². The van der Waals surface area contributed by atoms with Crippen molar-refractivity contribution in [3.63, 3.8) is 0 Å². The van der Waals surface area contributed by atoms with Crippen molar-refractivity contribution < 1.29 is 13.6 Å². The van der Waals surface area contributed by atoms with E-state index in [1.807, 2.05) is 30.3 Å². The molecule has 1 aliphatic carbocycles. The number of hydrogen-bond donors (Lipinski definition) is 2. The van der Waals surface area contributed by atoms with E-state index in [0.717, 1.165) is 11.6 Å². The van der Waals surface area contributed by atoms with Gasteiger partial charge < -0.3 is 5.32 Å². The molecule has 1 aromatic heterocycles. The number of nitrogens with one attached hydrogen (secondary N) is 2. The lowest BCUT2D eigenvalue weighted by Gasteiger charge is -2.07. The Morgan fingerprint density at radius 3 is 2.70 bits per heavy atom. The SMILES string of the molecule is O=C(Nc1nncc(-c2ccccc2)n1)NC1CC1c1cccc(F)c1F. The third-order valence-corrected chi connectivity index (χ3v) is 4.34. The second kappa shape index (κ2) is 7.06. The number of carbonyl (C=O) groups is 1. The number of halogens is 2. The van der Waals surface area contributed by atoms with Crippen molar-refractivity contribution >= 4 is 12.0 Å². The summed E-state index contributed by atoms with van der Waals surface area (Å²) in [5.41, 5.74) is 1.69. The number of anilines is 1. The normalized spacial score (nSPS) is 18.0. The molecule has 0 spiro atoms. The van der Waals surface area contributed by atoms with Crippen LogP contribution in [0.25, 0.3) is 11.3 Å². The van der Waals surface area contributed by atoms with Gasteiger partial charge in [0.05, 0.1) is 11.9 Å². The molecule has 6 nitrogen and oxygen atoms in total. The minimum absolute atomic E-state index is 0.0583. The molecule has 1 saturated carbocycles. The van der Waals surface area contributed by atoms with Crippen LogP contribution in [0.5, 0.6) is 0 Å². The van der Waals surface area contributed by atoms with Gasteiger partial charge in [0.15, 0.2) is 11.6 Å². The third-order valence-electron chi connectivity index (χ3n) is 4.34. The summed E-state index contributed by atoms with van der Waals surface area (Å²) in [6.07, 6.45) is 2.04. The Balaban J connectivity index is 1.39. The van der Waals surface area contributed by atoms with Crippen LogP contribution in [0.15, 0.2) is 54.7 Å². The lowest BCUT2D eigenvalue weighted by molar-refractivity contribution is 0.251. The number of benzene rings is 2. The Labute approximate surface area is 153 Å². The monoisotopic (exact) mass is 367 g/mol. The van der Waals surface area contributed by atoms with Crippen LogP contribution in [0.4, 0.5) is 19.5 Å². The molecule has 0 aliphatic heterocycles. The Morgan fingerprint density at radius 1 is 1.07 bits per heavy atom. The van der Waals surface area contributed by atoms with E-state index in [1.54, 1.807) is 0 Å². The summed E-state index contributed by atoms with van der Waals surface area (Å²) in [6.45, 7) is 0. The van der Waals surface area contributed by atoms with E-state index in [-0.39, 0.29) is 23.5 Å². The number of carbonyl (C=O) groups excluding carboxylic acids is 1. The van der Waals surface area contributed by atoms with E-state index < -0.39 is 17.7 Å². The van der Waals surface area contributed by atoms with Crippen molar-refractivity contribution in [2.45, 2.75) is 18.4 Å². The number of hydrogen-bond acceptors (Lipinski definition) is 4. The van der Waals surface area contributed by atoms with E-state index in [2.05, 4.69) is 25.8 Å². The van der Waals surface area contributed by atoms with Gasteiger partial charge >= 0.3 is 6.03 Å². The zero-order chi connectivity index (χ0) is 18.8. The van der Waals surface area contributed by atoms with Gasteiger partial charge in [0.1, 0.15) is 0 Å². The van der Waals surface area contributed by atoms with Crippen molar-refractivity contribution in [2.75, 3.05) is 5.32 Å². The Morgan fingerprint density at radius 2 is 1.89 bits per heavy atom. The van der Waals surface area contributed by atoms with Gasteiger partial charge in [-0.3, -0.25) is 5.32 Å². The zero-order valence-electron chi connectivity index (χ0n) is 14.1. The van der Waals surface area contributed by atoms with Crippen molar-refractivity contribution in [1.29, 1.82) is 0 Å². The maximum Gasteiger partial charge on any atom is 0.321 e. The van der Waals surface area contributed by atoms with Gasteiger partial charge in [0.2, 0.25) is 0 Å². The summed E-state index contributed by atoms with van der Waals surface area (Å²) in [5.74, 6) is -1.95. The lowest BCUT2D eigenvalue weighted by atomic mass is 10.1. The number of rotatable bonds is 4. The molecule has 2 unspecified atom stereocenters. The maximum atomic E-state index is 13.8. The molecular formula is C19H15F2N5O. The van der Waals surface area contributed by atoms with Crippen LogP contribution in [-0.4, -0.2) is 27.3 Å². The minimum Gasteiger partial charge on any atom is -0.334 e. The molecule has 0 radical (unpaired) electrons. The van der Waals surface area contributed by atoms with E-state index in [4.69, 9.17) is 0 Å². The largest absolute Gasteiger partial charge is 0.334 e. The van der Waals surface area contributed by atoms with Crippen LogP contribution in [0.3, 0.4) is 0 Å². The quantitative estimate of drug-likeness (QED) is 0.740.